The number of halogens is 4. The summed E-state index contributed by atoms with van der Waals surface area (Å²) in [6.07, 6.45) is 0.273. The van der Waals surface area contributed by atoms with Crippen LogP contribution in [0.5, 0.6) is 11.5 Å². The molecule has 206 valence electrons. The first-order valence-corrected chi connectivity index (χ1v) is 13.3. The van der Waals surface area contributed by atoms with Crippen LogP contribution in [0.4, 0.5) is 17.6 Å². The summed E-state index contributed by atoms with van der Waals surface area (Å²) < 4.78 is 63.5. The largest absolute Gasteiger partial charge is 0.573 e. The number of carbonyl (C=O) groups is 1. The summed E-state index contributed by atoms with van der Waals surface area (Å²) in [6, 6.07) is 8.77. The van der Waals surface area contributed by atoms with Gasteiger partial charge in [-0.1, -0.05) is 19.1 Å². The third-order valence-corrected chi connectivity index (χ3v) is 8.62. The molecule has 2 aliphatic heterocycles. The normalized spacial score (nSPS) is 21.7. The molecule has 2 aromatic rings. The number of rotatable bonds is 7. The number of alkyl halides is 3. The second-order valence-electron chi connectivity index (χ2n) is 11.1. The van der Waals surface area contributed by atoms with Crippen molar-refractivity contribution in [2.24, 2.45) is 11.8 Å². The Labute approximate surface area is 219 Å². The molecule has 0 aromatic heterocycles. The van der Waals surface area contributed by atoms with Gasteiger partial charge in [-0.2, -0.15) is 0 Å². The number of fused-ring (bicyclic) bond motifs is 1. The molecular formula is C29H33F4NO4. The van der Waals surface area contributed by atoms with Gasteiger partial charge in [-0.15, -0.1) is 13.2 Å². The molecule has 1 spiro atoms. The smallest absolute Gasteiger partial charge is 0.487 e. The van der Waals surface area contributed by atoms with Gasteiger partial charge in [0.25, 0.3) is 0 Å². The van der Waals surface area contributed by atoms with Gasteiger partial charge >= 0.3 is 12.3 Å². The van der Waals surface area contributed by atoms with Gasteiger partial charge in [0.15, 0.2) is 0 Å². The monoisotopic (exact) mass is 535 g/mol. The minimum absolute atomic E-state index is 0.0404. The lowest BCUT2D eigenvalue weighted by molar-refractivity contribution is -0.275. The van der Waals surface area contributed by atoms with E-state index in [1.807, 2.05) is 17.0 Å². The third-order valence-electron chi connectivity index (χ3n) is 8.62. The third kappa shape index (κ3) is 5.63. The Hall–Kier alpha value is -2.81. The van der Waals surface area contributed by atoms with Crippen LogP contribution in [-0.4, -0.2) is 41.0 Å². The van der Waals surface area contributed by atoms with Gasteiger partial charge in [0.1, 0.15) is 22.9 Å². The molecule has 5 nitrogen and oxygen atoms in total. The lowest BCUT2D eigenvalue weighted by atomic mass is 9.80. The number of ether oxygens (including phenoxy) is 2. The van der Waals surface area contributed by atoms with E-state index in [0.29, 0.717) is 31.8 Å². The van der Waals surface area contributed by atoms with Crippen molar-refractivity contribution >= 4 is 5.97 Å². The average molecular weight is 536 g/mol. The minimum atomic E-state index is -4.86. The van der Waals surface area contributed by atoms with Crippen molar-refractivity contribution < 1.29 is 36.9 Å². The molecule has 38 heavy (non-hydrogen) atoms. The van der Waals surface area contributed by atoms with Crippen molar-refractivity contribution in [2.45, 2.75) is 76.3 Å². The zero-order valence-electron chi connectivity index (χ0n) is 21.6. The Kier molecular flexibility index (Phi) is 7.09. The van der Waals surface area contributed by atoms with Gasteiger partial charge in [0.2, 0.25) is 0 Å². The number of carboxylic acid groups (broad SMARTS) is 1. The first-order chi connectivity index (χ1) is 17.9. The van der Waals surface area contributed by atoms with Crippen LogP contribution >= 0.6 is 0 Å². The number of hydrogen-bond donors (Lipinski definition) is 1. The summed E-state index contributed by atoms with van der Waals surface area (Å²) >= 11 is 0. The maximum Gasteiger partial charge on any atom is 0.573 e. The van der Waals surface area contributed by atoms with E-state index in [1.54, 1.807) is 13.8 Å². The van der Waals surface area contributed by atoms with Crippen molar-refractivity contribution in [1.29, 1.82) is 0 Å². The van der Waals surface area contributed by atoms with E-state index in [2.05, 4.69) is 10.8 Å². The van der Waals surface area contributed by atoms with Gasteiger partial charge in [0, 0.05) is 24.7 Å². The van der Waals surface area contributed by atoms with E-state index in [-0.39, 0.29) is 22.8 Å². The minimum Gasteiger partial charge on any atom is -0.487 e. The fraction of sp³-hybridized carbons (Fsp3) is 0.552. The Bertz CT molecular complexity index is 1190. The van der Waals surface area contributed by atoms with Crippen LogP contribution < -0.4 is 9.47 Å². The predicted molar refractivity (Wildman–Crippen MR) is 133 cm³/mol. The van der Waals surface area contributed by atoms with Gasteiger partial charge in [-0.25, -0.2) is 4.39 Å². The molecule has 0 amide bonds. The number of likely N-dealkylation sites (tertiary alicyclic amines) is 1. The second kappa shape index (κ2) is 10.1. The molecule has 1 aliphatic carbocycles. The number of hydrogen-bond acceptors (Lipinski definition) is 4. The zero-order valence-corrected chi connectivity index (χ0v) is 21.6. The Morgan fingerprint density at radius 1 is 1.11 bits per heavy atom. The molecule has 3 atom stereocenters. The van der Waals surface area contributed by atoms with Crippen LogP contribution in [0.15, 0.2) is 36.4 Å². The van der Waals surface area contributed by atoms with E-state index in [0.717, 1.165) is 60.8 Å². The molecular weight excluding hydrogens is 502 g/mol. The Balaban J connectivity index is 1.30. The number of piperidine rings is 1. The summed E-state index contributed by atoms with van der Waals surface area (Å²) in [4.78, 5) is 13.8. The summed E-state index contributed by atoms with van der Waals surface area (Å²) in [6.45, 7) is 4.70. The highest BCUT2D eigenvalue weighted by Gasteiger charge is 2.43. The molecule has 5 rings (SSSR count). The summed E-state index contributed by atoms with van der Waals surface area (Å²) in [5.41, 5.74) is 1.90. The van der Waals surface area contributed by atoms with Crippen molar-refractivity contribution in [1.82, 2.24) is 4.90 Å². The Morgan fingerprint density at radius 3 is 2.45 bits per heavy atom. The van der Waals surface area contributed by atoms with Crippen LogP contribution in [-0.2, 0) is 11.2 Å². The summed E-state index contributed by atoms with van der Waals surface area (Å²) in [5.74, 6) is -1.11. The van der Waals surface area contributed by atoms with Crippen LogP contribution in [0.3, 0.4) is 0 Å². The molecule has 9 heteroatoms. The maximum atomic E-state index is 14.0. The SMILES string of the molecule is C[C@H](C(=O)O)C(c1ccc2c(c1)OC1(CC2)CCN([C@@H](C)c2cc(F)ccc2OC(F)(F)F)CC1)C1CC1. The first-order valence-electron chi connectivity index (χ1n) is 13.3. The van der Waals surface area contributed by atoms with Gasteiger partial charge in [-0.3, -0.25) is 9.69 Å². The highest BCUT2D eigenvalue weighted by atomic mass is 19.4. The highest BCUT2D eigenvalue weighted by molar-refractivity contribution is 5.71. The fourth-order valence-electron chi connectivity index (χ4n) is 6.24. The van der Waals surface area contributed by atoms with Crippen molar-refractivity contribution in [3.05, 3.63) is 58.9 Å². The predicted octanol–water partition coefficient (Wildman–Crippen LogP) is 6.86. The molecule has 2 heterocycles. The molecule has 0 bridgehead atoms. The standard InChI is InChI=1S/C29H33F4NO4/c1-17(27(35)36)26(20-4-5-20)21-6-3-19-9-10-28(37-25(19)15-21)11-13-34(14-12-28)18(2)23-16-22(30)7-8-24(23)38-29(31,32)33/h3,6-8,15-18,20,26H,4-5,9-14H2,1-2H3,(H,35,36)/t17-,18-,26?/m0/s1. The molecule has 0 radical (unpaired) electrons. The number of nitrogens with zero attached hydrogens (tertiary/aromatic N) is 1. The van der Waals surface area contributed by atoms with Crippen LogP contribution in [0.25, 0.3) is 0 Å². The van der Waals surface area contributed by atoms with Gasteiger partial charge in [-0.05, 0) is 92.7 Å². The Morgan fingerprint density at radius 2 is 1.82 bits per heavy atom. The van der Waals surface area contributed by atoms with Crippen molar-refractivity contribution in [2.75, 3.05) is 13.1 Å². The van der Waals surface area contributed by atoms with E-state index < -0.39 is 30.1 Å². The van der Waals surface area contributed by atoms with E-state index in [9.17, 15) is 27.5 Å². The van der Waals surface area contributed by atoms with Crippen LogP contribution in [0, 0.1) is 17.7 Å². The average Bonchev–Trinajstić information content (AvgIpc) is 3.69. The van der Waals surface area contributed by atoms with Crippen molar-refractivity contribution in [3.8, 4) is 11.5 Å². The van der Waals surface area contributed by atoms with Crippen molar-refractivity contribution in [3.63, 3.8) is 0 Å². The zero-order chi connectivity index (χ0) is 27.2. The molecule has 1 saturated carbocycles. The molecule has 2 fully saturated rings. The maximum absolute atomic E-state index is 14.0. The molecule has 1 saturated heterocycles. The number of aliphatic carboxylic acids is 1. The van der Waals surface area contributed by atoms with Gasteiger partial charge in [0.05, 0.1) is 5.92 Å². The van der Waals surface area contributed by atoms with Gasteiger partial charge < -0.3 is 14.6 Å². The quantitative estimate of drug-likeness (QED) is 0.393. The van der Waals surface area contributed by atoms with E-state index in [4.69, 9.17) is 4.74 Å². The van der Waals surface area contributed by atoms with Crippen LogP contribution in [0.2, 0.25) is 0 Å². The van der Waals surface area contributed by atoms with E-state index in [1.165, 1.54) is 0 Å². The molecule has 2 aromatic carbocycles. The topological polar surface area (TPSA) is 59.0 Å². The molecule has 1 N–H and O–H groups in total. The molecule has 1 unspecified atom stereocenters. The lowest BCUT2D eigenvalue weighted by Gasteiger charge is -2.46. The highest BCUT2D eigenvalue weighted by Crippen LogP contribution is 2.49. The van der Waals surface area contributed by atoms with Crippen LogP contribution in [0.1, 0.15) is 74.6 Å². The number of aryl methyl sites for hydroxylation is 1. The number of carboxylic acids is 1. The first kappa shape index (κ1) is 26.8. The fourth-order valence-corrected chi connectivity index (χ4v) is 6.24. The molecule has 3 aliphatic rings. The summed E-state index contributed by atoms with van der Waals surface area (Å²) in [5, 5.41) is 9.65. The number of benzene rings is 2. The van der Waals surface area contributed by atoms with E-state index >= 15 is 0 Å². The second-order valence-corrected chi connectivity index (χ2v) is 11.1. The lowest BCUT2D eigenvalue weighted by Crippen LogP contribution is -2.50. The summed E-state index contributed by atoms with van der Waals surface area (Å²) in [7, 11) is 0.